The molecule has 0 aliphatic rings. The first-order valence-electron chi connectivity index (χ1n) is 8.17. The average molecular weight is 412 g/mol. The molecule has 0 saturated heterocycles. The first kappa shape index (κ1) is 18.1. The van der Waals surface area contributed by atoms with E-state index in [2.05, 4.69) is 26.3 Å². The first-order valence-corrected chi connectivity index (χ1v) is 8.97. The van der Waals surface area contributed by atoms with Crippen LogP contribution in [0.5, 0.6) is 0 Å². The Balaban J connectivity index is 1.87. The number of rotatable bonds is 4. The Bertz CT molecular complexity index is 996. The van der Waals surface area contributed by atoms with Gasteiger partial charge in [0, 0.05) is 21.8 Å². The van der Waals surface area contributed by atoms with Crippen molar-refractivity contribution >= 4 is 27.5 Å². The summed E-state index contributed by atoms with van der Waals surface area (Å²) in [5.41, 5.74) is 3.01. The number of carbonyl (C=O) groups excluding carboxylic acids is 1. The lowest BCUT2D eigenvalue weighted by atomic mass is 10.1. The van der Waals surface area contributed by atoms with Crippen LogP contribution < -0.4 is 10.9 Å². The van der Waals surface area contributed by atoms with Crippen LogP contribution in [0.3, 0.4) is 0 Å². The molecule has 0 spiro atoms. The lowest BCUT2D eigenvalue weighted by Gasteiger charge is -2.15. The first-order chi connectivity index (χ1) is 12.4. The van der Waals surface area contributed by atoms with Crippen LogP contribution in [-0.4, -0.2) is 15.7 Å². The van der Waals surface area contributed by atoms with Gasteiger partial charge in [-0.05, 0) is 38.1 Å². The molecule has 1 unspecified atom stereocenters. The van der Waals surface area contributed by atoms with E-state index in [0.717, 1.165) is 15.6 Å². The fourth-order valence-electron chi connectivity index (χ4n) is 2.51. The van der Waals surface area contributed by atoms with E-state index in [1.165, 1.54) is 10.7 Å². The SMILES string of the molecule is Cc1ccc(-c2ccc(=O)n(C(C)C(=O)Nc3cccc(Br)c3)n2)cc1. The summed E-state index contributed by atoms with van der Waals surface area (Å²) in [6, 6.07) is 17.5. The summed E-state index contributed by atoms with van der Waals surface area (Å²) in [6.45, 7) is 3.66. The van der Waals surface area contributed by atoms with Gasteiger partial charge in [-0.25, -0.2) is 4.68 Å². The monoisotopic (exact) mass is 411 g/mol. The van der Waals surface area contributed by atoms with Crippen molar-refractivity contribution in [2.45, 2.75) is 19.9 Å². The topological polar surface area (TPSA) is 64.0 Å². The number of hydrogen-bond donors (Lipinski definition) is 1. The van der Waals surface area contributed by atoms with E-state index < -0.39 is 6.04 Å². The maximum atomic E-state index is 12.5. The molecule has 1 atom stereocenters. The number of benzene rings is 2. The van der Waals surface area contributed by atoms with Gasteiger partial charge >= 0.3 is 0 Å². The fourth-order valence-corrected chi connectivity index (χ4v) is 2.90. The van der Waals surface area contributed by atoms with Crippen LogP contribution in [0.25, 0.3) is 11.3 Å². The van der Waals surface area contributed by atoms with E-state index in [1.54, 1.807) is 25.1 Å². The number of anilines is 1. The number of hydrogen-bond acceptors (Lipinski definition) is 3. The summed E-state index contributed by atoms with van der Waals surface area (Å²) >= 11 is 3.37. The molecule has 1 aromatic heterocycles. The average Bonchev–Trinajstić information content (AvgIpc) is 2.62. The molecule has 1 amide bonds. The molecule has 0 saturated carbocycles. The molecule has 132 valence electrons. The molecule has 0 fully saturated rings. The van der Waals surface area contributed by atoms with Crippen molar-refractivity contribution in [3.63, 3.8) is 0 Å². The zero-order valence-electron chi connectivity index (χ0n) is 14.4. The van der Waals surface area contributed by atoms with Crippen molar-refractivity contribution < 1.29 is 4.79 Å². The highest BCUT2D eigenvalue weighted by Gasteiger charge is 2.18. The van der Waals surface area contributed by atoms with Gasteiger partial charge in [0.25, 0.3) is 5.56 Å². The van der Waals surface area contributed by atoms with Gasteiger partial charge in [-0.3, -0.25) is 9.59 Å². The largest absolute Gasteiger partial charge is 0.324 e. The third-order valence-corrected chi connectivity index (χ3v) is 4.50. The second-order valence-corrected chi connectivity index (χ2v) is 6.96. The predicted octanol–water partition coefficient (Wildman–Crippen LogP) is 4.18. The summed E-state index contributed by atoms with van der Waals surface area (Å²) in [6.07, 6.45) is 0. The lowest BCUT2D eigenvalue weighted by molar-refractivity contribution is -0.119. The van der Waals surface area contributed by atoms with E-state index >= 15 is 0 Å². The molecule has 0 radical (unpaired) electrons. The van der Waals surface area contributed by atoms with Crippen molar-refractivity contribution in [2.75, 3.05) is 5.32 Å². The molecule has 2 aromatic carbocycles. The maximum absolute atomic E-state index is 12.5. The minimum atomic E-state index is -0.744. The fraction of sp³-hybridized carbons (Fsp3) is 0.150. The molecular formula is C20H18BrN3O2. The number of halogens is 1. The smallest absolute Gasteiger partial charge is 0.267 e. The molecule has 0 aliphatic heterocycles. The number of aromatic nitrogens is 2. The highest BCUT2D eigenvalue weighted by molar-refractivity contribution is 9.10. The Kier molecular flexibility index (Phi) is 5.32. The number of nitrogens with zero attached hydrogens (tertiary/aromatic N) is 2. The molecule has 5 nitrogen and oxygen atoms in total. The Hall–Kier alpha value is -2.73. The molecule has 0 aliphatic carbocycles. The zero-order valence-corrected chi connectivity index (χ0v) is 16.0. The van der Waals surface area contributed by atoms with Crippen LogP contribution in [0, 0.1) is 6.92 Å². The summed E-state index contributed by atoms with van der Waals surface area (Å²) in [4.78, 5) is 24.8. The van der Waals surface area contributed by atoms with E-state index in [0.29, 0.717) is 11.4 Å². The molecule has 3 aromatic rings. The summed E-state index contributed by atoms with van der Waals surface area (Å²) < 4.78 is 2.07. The second kappa shape index (κ2) is 7.66. The number of carbonyl (C=O) groups is 1. The highest BCUT2D eigenvalue weighted by Crippen LogP contribution is 2.19. The number of amides is 1. The molecular weight excluding hydrogens is 394 g/mol. The van der Waals surface area contributed by atoms with Gasteiger partial charge in [-0.15, -0.1) is 0 Å². The van der Waals surface area contributed by atoms with Gasteiger partial charge in [0.15, 0.2) is 0 Å². The van der Waals surface area contributed by atoms with Crippen molar-refractivity contribution in [2.24, 2.45) is 0 Å². The van der Waals surface area contributed by atoms with Crippen LogP contribution in [0.2, 0.25) is 0 Å². The van der Waals surface area contributed by atoms with Gasteiger partial charge in [0.2, 0.25) is 5.91 Å². The van der Waals surface area contributed by atoms with Crippen LogP contribution in [0.1, 0.15) is 18.5 Å². The van der Waals surface area contributed by atoms with Crippen molar-refractivity contribution in [3.8, 4) is 11.3 Å². The van der Waals surface area contributed by atoms with Gasteiger partial charge < -0.3 is 5.32 Å². The van der Waals surface area contributed by atoms with Gasteiger partial charge in [-0.1, -0.05) is 51.8 Å². The molecule has 1 N–H and O–H groups in total. The third-order valence-electron chi connectivity index (χ3n) is 4.01. The number of nitrogens with one attached hydrogen (secondary N) is 1. The Morgan fingerprint density at radius 1 is 1.12 bits per heavy atom. The standard InChI is InChI=1S/C20H18BrN3O2/c1-13-6-8-15(9-7-13)18-10-11-19(25)24(23-18)14(2)20(26)22-17-5-3-4-16(21)12-17/h3-12,14H,1-2H3,(H,22,26). The quantitative estimate of drug-likeness (QED) is 0.699. The van der Waals surface area contributed by atoms with Crippen molar-refractivity contribution in [3.05, 3.63) is 81.1 Å². The van der Waals surface area contributed by atoms with Crippen molar-refractivity contribution in [1.82, 2.24) is 9.78 Å². The van der Waals surface area contributed by atoms with Gasteiger partial charge in [0.1, 0.15) is 6.04 Å². The normalized spacial score (nSPS) is 11.8. The Labute approximate surface area is 159 Å². The lowest BCUT2D eigenvalue weighted by Crippen LogP contribution is -2.33. The van der Waals surface area contributed by atoms with Crippen molar-refractivity contribution in [1.29, 1.82) is 0 Å². The van der Waals surface area contributed by atoms with E-state index in [9.17, 15) is 9.59 Å². The Morgan fingerprint density at radius 3 is 2.54 bits per heavy atom. The third kappa shape index (κ3) is 4.08. The molecule has 0 bridgehead atoms. The number of aryl methyl sites for hydroxylation is 1. The van der Waals surface area contributed by atoms with Crippen LogP contribution in [-0.2, 0) is 4.79 Å². The van der Waals surface area contributed by atoms with Gasteiger partial charge in [-0.2, -0.15) is 5.10 Å². The Morgan fingerprint density at radius 2 is 1.85 bits per heavy atom. The van der Waals surface area contributed by atoms with E-state index in [-0.39, 0.29) is 11.5 Å². The maximum Gasteiger partial charge on any atom is 0.267 e. The van der Waals surface area contributed by atoms with Crippen LogP contribution >= 0.6 is 15.9 Å². The van der Waals surface area contributed by atoms with Gasteiger partial charge in [0.05, 0.1) is 5.69 Å². The predicted molar refractivity (Wildman–Crippen MR) is 106 cm³/mol. The second-order valence-electron chi connectivity index (χ2n) is 6.04. The minimum absolute atomic E-state index is 0.307. The summed E-state index contributed by atoms with van der Waals surface area (Å²) in [5.74, 6) is -0.307. The van der Waals surface area contributed by atoms with E-state index in [4.69, 9.17) is 0 Å². The molecule has 26 heavy (non-hydrogen) atoms. The summed E-state index contributed by atoms with van der Waals surface area (Å²) in [5, 5.41) is 7.19. The molecule has 3 rings (SSSR count). The highest BCUT2D eigenvalue weighted by atomic mass is 79.9. The molecule has 6 heteroatoms. The minimum Gasteiger partial charge on any atom is -0.324 e. The van der Waals surface area contributed by atoms with Crippen LogP contribution in [0.15, 0.2) is 69.9 Å². The van der Waals surface area contributed by atoms with E-state index in [1.807, 2.05) is 43.3 Å². The van der Waals surface area contributed by atoms with Crippen LogP contribution in [0.4, 0.5) is 5.69 Å². The molecule has 1 heterocycles. The zero-order chi connectivity index (χ0) is 18.7. The summed E-state index contributed by atoms with van der Waals surface area (Å²) in [7, 11) is 0.